The fourth-order valence-electron chi connectivity index (χ4n) is 3.16. The zero-order chi connectivity index (χ0) is 14.5. The second-order valence-corrected chi connectivity index (χ2v) is 6.89. The van der Waals surface area contributed by atoms with E-state index in [4.69, 9.17) is 0 Å². The van der Waals surface area contributed by atoms with E-state index in [-0.39, 0.29) is 17.7 Å². The smallest absolute Gasteiger partial charge is 0.0613 e. The maximum absolute atomic E-state index is 9.85. The molecule has 3 nitrogen and oxygen atoms in total. The first-order valence-corrected chi connectivity index (χ1v) is 7.99. The minimum atomic E-state index is -0.0446. The quantitative estimate of drug-likeness (QED) is 0.747. The van der Waals surface area contributed by atoms with Gasteiger partial charge in [-0.3, -0.25) is 4.90 Å². The number of aliphatic hydroxyl groups excluding tert-OH is 1. The molecule has 1 saturated carbocycles. The summed E-state index contributed by atoms with van der Waals surface area (Å²) in [6, 6.07) is 0.584. The van der Waals surface area contributed by atoms with E-state index < -0.39 is 0 Å². The Morgan fingerprint density at radius 2 is 2.05 bits per heavy atom. The molecule has 0 aromatic carbocycles. The van der Waals surface area contributed by atoms with Crippen LogP contribution < -0.4 is 5.32 Å². The number of nitrogens with zero attached hydrogens (tertiary/aromatic N) is 1. The summed E-state index contributed by atoms with van der Waals surface area (Å²) in [7, 11) is 2.25. The summed E-state index contributed by atoms with van der Waals surface area (Å²) in [5.74, 6) is 0. The highest BCUT2D eigenvalue weighted by Crippen LogP contribution is 2.34. The molecule has 2 N–H and O–H groups in total. The Balaban J connectivity index is 2.71. The van der Waals surface area contributed by atoms with Gasteiger partial charge in [-0.15, -0.1) is 0 Å². The van der Waals surface area contributed by atoms with Crippen molar-refractivity contribution < 1.29 is 5.11 Å². The van der Waals surface area contributed by atoms with Crippen LogP contribution in [0.2, 0.25) is 0 Å². The fourth-order valence-corrected chi connectivity index (χ4v) is 3.16. The van der Waals surface area contributed by atoms with Crippen molar-refractivity contribution in [1.29, 1.82) is 0 Å². The van der Waals surface area contributed by atoms with Gasteiger partial charge in [-0.1, -0.05) is 13.8 Å². The number of rotatable bonds is 7. The van der Waals surface area contributed by atoms with Crippen molar-refractivity contribution in [3.8, 4) is 0 Å². The first kappa shape index (κ1) is 16.9. The van der Waals surface area contributed by atoms with Gasteiger partial charge in [-0.2, -0.15) is 0 Å². The van der Waals surface area contributed by atoms with Gasteiger partial charge in [-0.05, 0) is 66.0 Å². The molecule has 0 aromatic heterocycles. The van der Waals surface area contributed by atoms with E-state index in [1.807, 2.05) is 0 Å². The molecule has 2 atom stereocenters. The maximum atomic E-state index is 9.85. The first-order chi connectivity index (χ1) is 8.90. The summed E-state index contributed by atoms with van der Waals surface area (Å²) >= 11 is 0. The normalized spacial score (nSPS) is 28.9. The monoisotopic (exact) mass is 270 g/mol. The second-order valence-electron chi connectivity index (χ2n) is 6.89. The molecular formula is C16H34N2O. The predicted molar refractivity (Wildman–Crippen MR) is 82.5 cm³/mol. The van der Waals surface area contributed by atoms with E-state index in [0.717, 1.165) is 32.2 Å². The van der Waals surface area contributed by atoms with Crippen LogP contribution in [0, 0.1) is 0 Å². The van der Waals surface area contributed by atoms with Gasteiger partial charge in [0.15, 0.2) is 0 Å². The molecule has 1 fully saturated rings. The van der Waals surface area contributed by atoms with Crippen LogP contribution in [0.15, 0.2) is 0 Å². The Bertz CT molecular complexity index is 267. The summed E-state index contributed by atoms with van der Waals surface area (Å²) in [5.41, 5.74) is 0.199. The summed E-state index contributed by atoms with van der Waals surface area (Å²) in [4.78, 5) is 2.53. The van der Waals surface area contributed by atoms with Gasteiger partial charge in [0.2, 0.25) is 0 Å². The number of nitrogens with one attached hydrogen (secondary N) is 1. The van der Waals surface area contributed by atoms with Gasteiger partial charge in [0.25, 0.3) is 0 Å². The molecule has 19 heavy (non-hydrogen) atoms. The maximum Gasteiger partial charge on any atom is 0.0613 e. The largest absolute Gasteiger partial charge is 0.394 e. The average molecular weight is 270 g/mol. The Hall–Kier alpha value is -0.120. The molecule has 0 amide bonds. The molecule has 2 unspecified atom stereocenters. The van der Waals surface area contributed by atoms with Crippen molar-refractivity contribution in [2.24, 2.45) is 0 Å². The van der Waals surface area contributed by atoms with Crippen molar-refractivity contribution in [1.82, 2.24) is 10.2 Å². The Morgan fingerprint density at radius 1 is 1.37 bits per heavy atom. The van der Waals surface area contributed by atoms with E-state index >= 15 is 0 Å². The van der Waals surface area contributed by atoms with E-state index in [9.17, 15) is 5.11 Å². The van der Waals surface area contributed by atoms with Gasteiger partial charge < -0.3 is 10.4 Å². The molecule has 1 rings (SSSR count). The molecule has 0 aliphatic heterocycles. The van der Waals surface area contributed by atoms with Gasteiger partial charge in [0.05, 0.1) is 6.61 Å². The topological polar surface area (TPSA) is 35.5 Å². The van der Waals surface area contributed by atoms with E-state index in [0.29, 0.717) is 6.04 Å². The summed E-state index contributed by atoms with van der Waals surface area (Å²) in [6.07, 6.45) is 6.95. The molecule has 0 aromatic rings. The standard InChI is InChI=1S/C16H34N2O/c1-6-11-17-16(13-19)10-8-9-14(12-16)18(5)15(3,4)7-2/h14,17,19H,6-13H2,1-5H3. The number of hydrogen-bond donors (Lipinski definition) is 2. The molecule has 1 aliphatic rings. The third-order valence-electron chi connectivity index (χ3n) is 5.24. The first-order valence-electron chi connectivity index (χ1n) is 7.99. The van der Waals surface area contributed by atoms with E-state index in [1.54, 1.807) is 0 Å². The van der Waals surface area contributed by atoms with Crippen LogP contribution in [0.4, 0.5) is 0 Å². The van der Waals surface area contributed by atoms with Crippen LogP contribution >= 0.6 is 0 Å². The fraction of sp³-hybridized carbons (Fsp3) is 1.00. The van der Waals surface area contributed by atoms with Crippen molar-refractivity contribution in [3.05, 3.63) is 0 Å². The Labute approximate surface area is 119 Å². The van der Waals surface area contributed by atoms with Crippen LogP contribution in [-0.4, -0.2) is 47.3 Å². The van der Waals surface area contributed by atoms with Crippen molar-refractivity contribution in [3.63, 3.8) is 0 Å². The third-order valence-corrected chi connectivity index (χ3v) is 5.24. The van der Waals surface area contributed by atoms with Crippen molar-refractivity contribution >= 4 is 0 Å². The Kier molecular flexibility index (Phi) is 6.28. The van der Waals surface area contributed by atoms with Gasteiger partial charge in [0.1, 0.15) is 0 Å². The van der Waals surface area contributed by atoms with E-state index in [1.165, 1.54) is 12.8 Å². The Morgan fingerprint density at radius 3 is 2.58 bits per heavy atom. The zero-order valence-corrected chi connectivity index (χ0v) is 13.6. The van der Waals surface area contributed by atoms with Crippen molar-refractivity contribution in [2.75, 3.05) is 20.2 Å². The molecular weight excluding hydrogens is 236 g/mol. The van der Waals surface area contributed by atoms with Gasteiger partial charge in [-0.25, -0.2) is 0 Å². The van der Waals surface area contributed by atoms with Crippen LogP contribution in [0.1, 0.15) is 66.2 Å². The molecule has 3 heteroatoms. The highest BCUT2D eigenvalue weighted by molar-refractivity contribution is 4.98. The minimum absolute atomic E-state index is 0.0446. The lowest BCUT2D eigenvalue weighted by molar-refractivity contribution is 0.0246. The molecule has 1 aliphatic carbocycles. The van der Waals surface area contributed by atoms with Crippen molar-refractivity contribution in [2.45, 2.75) is 83.3 Å². The average Bonchev–Trinajstić information content (AvgIpc) is 2.44. The second kappa shape index (κ2) is 7.05. The van der Waals surface area contributed by atoms with Crippen LogP contribution in [-0.2, 0) is 0 Å². The predicted octanol–water partition coefficient (Wildman–Crippen LogP) is 2.78. The lowest BCUT2D eigenvalue weighted by Gasteiger charge is -2.48. The molecule has 0 saturated heterocycles. The lowest BCUT2D eigenvalue weighted by atomic mass is 9.77. The highest BCUT2D eigenvalue weighted by atomic mass is 16.3. The summed E-state index contributed by atoms with van der Waals surface area (Å²) < 4.78 is 0. The van der Waals surface area contributed by atoms with Gasteiger partial charge in [0, 0.05) is 17.1 Å². The third kappa shape index (κ3) is 4.17. The van der Waals surface area contributed by atoms with E-state index in [2.05, 4.69) is 45.0 Å². The summed E-state index contributed by atoms with van der Waals surface area (Å²) in [5, 5.41) is 13.5. The molecule has 114 valence electrons. The molecule has 0 heterocycles. The van der Waals surface area contributed by atoms with Crippen LogP contribution in [0.5, 0.6) is 0 Å². The molecule has 0 bridgehead atoms. The van der Waals surface area contributed by atoms with Crippen LogP contribution in [0.3, 0.4) is 0 Å². The lowest BCUT2D eigenvalue weighted by Crippen LogP contribution is -2.58. The molecule has 0 spiro atoms. The van der Waals surface area contributed by atoms with Gasteiger partial charge >= 0.3 is 0 Å². The highest BCUT2D eigenvalue weighted by Gasteiger charge is 2.39. The number of aliphatic hydroxyl groups is 1. The minimum Gasteiger partial charge on any atom is -0.394 e. The van der Waals surface area contributed by atoms with Crippen LogP contribution in [0.25, 0.3) is 0 Å². The molecule has 0 radical (unpaired) electrons. The zero-order valence-electron chi connectivity index (χ0n) is 13.6. The number of hydrogen-bond acceptors (Lipinski definition) is 3. The summed E-state index contributed by atoms with van der Waals surface area (Å²) in [6.45, 7) is 10.4. The SMILES string of the molecule is CCCNC1(CO)CCCC(N(C)C(C)(C)CC)C1.